The predicted octanol–water partition coefficient (Wildman–Crippen LogP) is 7.23. The maximum absolute atomic E-state index is 12.1. The molecule has 2 amide bonds. The number of benzene rings is 2. The summed E-state index contributed by atoms with van der Waals surface area (Å²) < 4.78 is 0.888. The van der Waals surface area contributed by atoms with Gasteiger partial charge in [-0.3, -0.25) is 9.59 Å². The first kappa shape index (κ1) is 26.7. The predicted molar refractivity (Wildman–Crippen MR) is 151 cm³/mol. The average Bonchev–Trinajstić information content (AvgIpc) is 2.78. The Morgan fingerprint density at radius 1 is 0.611 bits per heavy atom. The van der Waals surface area contributed by atoms with Crippen molar-refractivity contribution in [3.8, 4) is 0 Å². The van der Waals surface area contributed by atoms with Gasteiger partial charge in [-0.1, -0.05) is 36.6 Å². The van der Waals surface area contributed by atoms with Gasteiger partial charge in [0.05, 0.1) is 11.1 Å². The molecule has 2 aromatic heterocycles. The normalized spacial score (nSPS) is 10.1. The summed E-state index contributed by atoms with van der Waals surface area (Å²) in [4.78, 5) is 29.8. The first-order valence-corrected chi connectivity index (χ1v) is 12.1. The highest BCUT2D eigenvalue weighted by Gasteiger charge is 2.09. The lowest BCUT2D eigenvalue weighted by molar-refractivity contribution is 0.101. The maximum Gasteiger partial charge on any atom is 0.258 e. The molecular formula is C28H28N4O2S2. The molecule has 184 valence electrons. The van der Waals surface area contributed by atoms with E-state index in [-0.39, 0.29) is 11.8 Å². The molecule has 0 atom stereocenters. The number of amides is 2. The second-order valence-corrected chi connectivity index (χ2v) is 9.30. The van der Waals surface area contributed by atoms with Gasteiger partial charge < -0.3 is 20.6 Å². The minimum Gasteiger partial charge on any atom is -0.352 e. The van der Waals surface area contributed by atoms with Gasteiger partial charge in [0, 0.05) is 23.8 Å². The minimum atomic E-state index is -0.193. The van der Waals surface area contributed by atoms with Crippen molar-refractivity contribution in [1.29, 1.82) is 0 Å². The molecule has 4 N–H and O–H groups in total. The van der Waals surface area contributed by atoms with Gasteiger partial charge in [0.25, 0.3) is 11.8 Å². The molecule has 0 spiro atoms. The molecule has 0 aliphatic carbocycles. The van der Waals surface area contributed by atoms with E-state index in [1.165, 1.54) is 0 Å². The van der Waals surface area contributed by atoms with E-state index in [4.69, 9.17) is 24.4 Å². The number of pyridine rings is 2. The molecule has 4 aromatic rings. The molecule has 0 saturated carbocycles. The van der Waals surface area contributed by atoms with Crippen molar-refractivity contribution in [2.24, 2.45) is 0 Å². The quantitative estimate of drug-likeness (QED) is 0.216. The molecule has 6 nitrogen and oxygen atoms in total. The van der Waals surface area contributed by atoms with Crippen LogP contribution in [0.4, 0.5) is 11.4 Å². The van der Waals surface area contributed by atoms with Crippen LogP contribution < -0.4 is 10.6 Å². The zero-order chi connectivity index (χ0) is 26.2. The summed E-state index contributed by atoms with van der Waals surface area (Å²) >= 11 is 10.2. The lowest BCUT2D eigenvalue weighted by Gasteiger charge is -2.07. The maximum atomic E-state index is 12.1. The summed E-state index contributed by atoms with van der Waals surface area (Å²) in [6, 6.07) is 18.8. The Bertz CT molecular complexity index is 1370. The molecule has 0 saturated heterocycles. The van der Waals surface area contributed by atoms with Crippen LogP contribution in [0.25, 0.3) is 0 Å². The summed E-state index contributed by atoms with van der Waals surface area (Å²) in [7, 11) is 0. The van der Waals surface area contributed by atoms with Gasteiger partial charge in [0.1, 0.15) is 9.28 Å². The largest absolute Gasteiger partial charge is 0.352 e. The smallest absolute Gasteiger partial charge is 0.258 e. The monoisotopic (exact) mass is 516 g/mol. The number of rotatable bonds is 4. The van der Waals surface area contributed by atoms with E-state index in [1.54, 1.807) is 36.7 Å². The van der Waals surface area contributed by atoms with Gasteiger partial charge in [0.2, 0.25) is 0 Å². The van der Waals surface area contributed by atoms with Crippen LogP contribution >= 0.6 is 24.4 Å². The Labute approximate surface area is 220 Å². The Kier molecular flexibility index (Phi) is 9.05. The Morgan fingerprint density at radius 2 is 0.944 bits per heavy atom. The molecule has 2 aromatic carbocycles. The molecule has 0 aliphatic rings. The van der Waals surface area contributed by atoms with Gasteiger partial charge in [-0.05, 0) is 98.5 Å². The summed E-state index contributed by atoms with van der Waals surface area (Å²) in [5.74, 6) is -0.385. The fourth-order valence-corrected chi connectivity index (χ4v) is 4.15. The number of anilines is 2. The van der Waals surface area contributed by atoms with Crippen molar-refractivity contribution in [3.63, 3.8) is 0 Å². The fourth-order valence-electron chi connectivity index (χ4n) is 3.69. The highest BCUT2D eigenvalue weighted by molar-refractivity contribution is 7.71. The van der Waals surface area contributed by atoms with Crippen molar-refractivity contribution < 1.29 is 9.59 Å². The number of hydrogen-bond acceptors (Lipinski definition) is 4. The molecule has 0 unspecified atom stereocenters. The van der Waals surface area contributed by atoms with E-state index in [9.17, 15) is 9.59 Å². The van der Waals surface area contributed by atoms with Crippen molar-refractivity contribution >= 4 is 47.6 Å². The molecule has 2 heterocycles. The van der Waals surface area contributed by atoms with Crippen LogP contribution in [0.15, 0.2) is 73.1 Å². The first-order chi connectivity index (χ1) is 17.1. The van der Waals surface area contributed by atoms with Crippen LogP contribution in [0.1, 0.15) is 43.0 Å². The molecule has 0 fully saturated rings. The second-order valence-electron chi connectivity index (χ2n) is 8.49. The molecular weight excluding hydrogens is 488 g/mol. The number of aromatic amines is 2. The zero-order valence-corrected chi connectivity index (χ0v) is 22.2. The fraction of sp³-hybridized carbons (Fsp3) is 0.143. The standard InChI is InChI=1S/2C14H14N2OS/c2*1-9-6-10(2)8-11(7-9)16-13(17)12-4-3-5-15-14(12)18/h2*3-8H,1-2H3,(H,15,18)(H,16,17). The zero-order valence-electron chi connectivity index (χ0n) is 20.6. The van der Waals surface area contributed by atoms with Gasteiger partial charge in [-0.25, -0.2) is 0 Å². The number of carbonyl (C=O) groups is 2. The SMILES string of the molecule is Cc1cc(C)cc(NC(=O)c2ccc[nH]c2=S)c1.Cc1cc(C)cc(NC(=O)c2ccc[nH]c2=S)c1. The molecule has 0 bridgehead atoms. The molecule has 36 heavy (non-hydrogen) atoms. The number of hydrogen-bond donors (Lipinski definition) is 4. The van der Waals surface area contributed by atoms with Crippen molar-refractivity contribution in [2.75, 3.05) is 10.6 Å². The third kappa shape index (κ3) is 7.56. The van der Waals surface area contributed by atoms with Gasteiger partial charge >= 0.3 is 0 Å². The van der Waals surface area contributed by atoms with E-state index in [0.29, 0.717) is 20.4 Å². The van der Waals surface area contributed by atoms with Crippen LogP contribution in [0.5, 0.6) is 0 Å². The molecule has 8 heteroatoms. The van der Waals surface area contributed by atoms with E-state index in [1.807, 2.05) is 52.0 Å². The summed E-state index contributed by atoms with van der Waals surface area (Å²) in [5.41, 5.74) is 6.99. The van der Waals surface area contributed by atoms with E-state index >= 15 is 0 Å². The van der Waals surface area contributed by atoms with Crippen LogP contribution in [-0.4, -0.2) is 21.8 Å². The van der Waals surface area contributed by atoms with Crippen LogP contribution in [-0.2, 0) is 0 Å². The van der Waals surface area contributed by atoms with E-state index in [0.717, 1.165) is 33.6 Å². The van der Waals surface area contributed by atoms with E-state index in [2.05, 4.69) is 32.7 Å². The minimum absolute atomic E-state index is 0.193. The number of aromatic nitrogens is 2. The van der Waals surface area contributed by atoms with Crippen molar-refractivity contribution in [2.45, 2.75) is 27.7 Å². The number of aryl methyl sites for hydroxylation is 4. The van der Waals surface area contributed by atoms with E-state index < -0.39 is 0 Å². The highest BCUT2D eigenvalue weighted by atomic mass is 32.1. The Hall–Kier alpha value is -3.88. The number of H-pyrrole nitrogens is 2. The lowest BCUT2D eigenvalue weighted by atomic mass is 10.1. The second kappa shape index (κ2) is 12.2. The van der Waals surface area contributed by atoms with Crippen LogP contribution in [0.3, 0.4) is 0 Å². The van der Waals surface area contributed by atoms with Crippen molar-refractivity contribution in [1.82, 2.24) is 9.97 Å². The number of carbonyl (C=O) groups excluding carboxylic acids is 2. The lowest BCUT2D eigenvalue weighted by Crippen LogP contribution is -2.13. The van der Waals surface area contributed by atoms with Gasteiger partial charge in [0.15, 0.2) is 0 Å². The summed E-state index contributed by atoms with van der Waals surface area (Å²) in [5, 5.41) is 5.71. The summed E-state index contributed by atoms with van der Waals surface area (Å²) in [6.07, 6.45) is 3.41. The third-order valence-electron chi connectivity index (χ3n) is 5.08. The van der Waals surface area contributed by atoms with Crippen molar-refractivity contribution in [3.05, 3.63) is 116 Å². The Balaban J connectivity index is 0.000000201. The summed E-state index contributed by atoms with van der Waals surface area (Å²) in [6.45, 7) is 7.99. The molecule has 0 radical (unpaired) electrons. The average molecular weight is 517 g/mol. The highest BCUT2D eigenvalue weighted by Crippen LogP contribution is 2.16. The first-order valence-electron chi connectivity index (χ1n) is 11.3. The number of nitrogens with one attached hydrogen (secondary N) is 4. The molecule has 4 rings (SSSR count). The Morgan fingerprint density at radius 3 is 1.25 bits per heavy atom. The molecule has 0 aliphatic heterocycles. The van der Waals surface area contributed by atoms with Crippen LogP contribution in [0, 0.1) is 37.0 Å². The van der Waals surface area contributed by atoms with Gasteiger partial charge in [-0.15, -0.1) is 0 Å². The van der Waals surface area contributed by atoms with Crippen LogP contribution in [0.2, 0.25) is 0 Å². The third-order valence-corrected chi connectivity index (χ3v) is 5.76. The topological polar surface area (TPSA) is 89.8 Å². The van der Waals surface area contributed by atoms with Gasteiger partial charge in [-0.2, -0.15) is 0 Å².